The molecule has 0 unspecified atom stereocenters. The van der Waals surface area contributed by atoms with Crippen LogP contribution in [-0.2, 0) is 15.3 Å². The minimum absolute atomic E-state index is 0.0297. The molecule has 0 saturated carbocycles. The lowest BCUT2D eigenvalue weighted by molar-refractivity contribution is 0.114. The van der Waals surface area contributed by atoms with Gasteiger partial charge in [-0.15, -0.1) is 0 Å². The molecular weight excluding hydrogens is 344 g/mol. The van der Waals surface area contributed by atoms with Crippen LogP contribution in [0.15, 0.2) is 28.7 Å². The number of hydrogen-bond donors (Lipinski definition) is 2. The molecular formula is C14H21BrO4S. The molecule has 0 spiro atoms. The second kappa shape index (κ2) is 7.54. The smallest absolute Gasteiger partial charge is 0.150 e. The topological polar surface area (TPSA) is 74.6 Å². The molecule has 0 amide bonds. The number of aliphatic hydroxyl groups is 2. The van der Waals surface area contributed by atoms with E-state index in [2.05, 4.69) is 15.9 Å². The highest BCUT2D eigenvalue weighted by atomic mass is 79.9. The van der Waals surface area contributed by atoms with Crippen LogP contribution >= 0.6 is 15.9 Å². The summed E-state index contributed by atoms with van der Waals surface area (Å²) < 4.78 is 24.5. The van der Waals surface area contributed by atoms with Crippen LogP contribution < -0.4 is 0 Å². The molecule has 0 radical (unpaired) electrons. The fraction of sp³-hybridized carbons (Fsp3) is 0.571. The van der Waals surface area contributed by atoms with E-state index in [9.17, 15) is 18.6 Å². The predicted molar refractivity (Wildman–Crippen MR) is 83.6 cm³/mol. The molecule has 0 aliphatic carbocycles. The van der Waals surface area contributed by atoms with Gasteiger partial charge in [-0.1, -0.05) is 35.0 Å². The lowest BCUT2D eigenvalue weighted by atomic mass is 9.79. The Morgan fingerprint density at radius 3 is 2.10 bits per heavy atom. The first-order chi connectivity index (χ1) is 9.39. The van der Waals surface area contributed by atoms with E-state index in [1.54, 1.807) is 12.1 Å². The maximum atomic E-state index is 11.8. The van der Waals surface area contributed by atoms with Crippen molar-refractivity contribution in [1.82, 2.24) is 0 Å². The molecule has 2 N–H and O–H groups in total. The molecule has 0 saturated heterocycles. The van der Waals surface area contributed by atoms with Crippen LogP contribution in [0.5, 0.6) is 0 Å². The number of rotatable bonds is 8. The monoisotopic (exact) mass is 364 g/mol. The summed E-state index contributed by atoms with van der Waals surface area (Å²) in [6.45, 7) is 1.25. The first-order valence-corrected chi connectivity index (χ1v) is 9.19. The maximum absolute atomic E-state index is 11.8. The molecule has 1 aromatic carbocycles. The van der Waals surface area contributed by atoms with Gasteiger partial charge in [0.1, 0.15) is 9.84 Å². The van der Waals surface area contributed by atoms with Crippen molar-refractivity contribution in [2.45, 2.75) is 25.2 Å². The van der Waals surface area contributed by atoms with Crippen molar-refractivity contribution in [3.8, 4) is 0 Å². The summed E-state index contributed by atoms with van der Waals surface area (Å²) >= 11 is 3.33. The third-order valence-electron chi connectivity index (χ3n) is 3.47. The summed E-state index contributed by atoms with van der Waals surface area (Å²) in [4.78, 5) is 0. The third kappa shape index (κ3) is 4.55. The standard InChI is InChI=1S/C14H21BrO4S/c1-2-8-20(18,19)9-7-14(10-16,11-17)12-3-5-13(15)6-4-12/h3-6,16-17H,2,7-11H2,1H3. The van der Waals surface area contributed by atoms with Crippen LogP contribution in [0.25, 0.3) is 0 Å². The lowest BCUT2D eigenvalue weighted by Crippen LogP contribution is -2.37. The van der Waals surface area contributed by atoms with Crippen molar-refractivity contribution >= 4 is 25.8 Å². The predicted octanol–water partition coefficient (Wildman–Crippen LogP) is 1.89. The molecule has 1 aromatic rings. The van der Waals surface area contributed by atoms with Gasteiger partial charge in [0, 0.05) is 15.6 Å². The zero-order valence-corrected chi connectivity index (χ0v) is 14.0. The Kier molecular flexibility index (Phi) is 6.64. The average Bonchev–Trinajstić information content (AvgIpc) is 2.42. The van der Waals surface area contributed by atoms with Crippen molar-refractivity contribution in [1.29, 1.82) is 0 Å². The fourth-order valence-electron chi connectivity index (χ4n) is 2.10. The minimum atomic E-state index is -3.13. The zero-order valence-electron chi connectivity index (χ0n) is 11.5. The Morgan fingerprint density at radius 1 is 1.10 bits per heavy atom. The van der Waals surface area contributed by atoms with E-state index in [4.69, 9.17) is 0 Å². The summed E-state index contributed by atoms with van der Waals surface area (Å²) in [5.41, 5.74) is -0.168. The third-order valence-corrected chi connectivity index (χ3v) is 5.85. The maximum Gasteiger partial charge on any atom is 0.150 e. The van der Waals surface area contributed by atoms with E-state index in [0.717, 1.165) is 10.0 Å². The van der Waals surface area contributed by atoms with Crippen LogP contribution in [0.4, 0.5) is 0 Å². The van der Waals surface area contributed by atoms with Gasteiger partial charge >= 0.3 is 0 Å². The second-order valence-corrected chi connectivity index (χ2v) is 8.22. The molecule has 0 heterocycles. The van der Waals surface area contributed by atoms with Gasteiger partial charge < -0.3 is 10.2 Å². The highest BCUT2D eigenvalue weighted by Crippen LogP contribution is 2.29. The number of halogens is 1. The molecule has 20 heavy (non-hydrogen) atoms. The van der Waals surface area contributed by atoms with E-state index in [1.165, 1.54) is 0 Å². The van der Waals surface area contributed by atoms with Crippen molar-refractivity contribution in [3.05, 3.63) is 34.3 Å². The Morgan fingerprint density at radius 2 is 1.65 bits per heavy atom. The van der Waals surface area contributed by atoms with E-state index in [-0.39, 0.29) is 31.1 Å². The molecule has 1 rings (SSSR count). The Balaban J connectivity index is 2.95. The average molecular weight is 365 g/mol. The van der Waals surface area contributed by atoms with Crippen molar-refractivity contribution in [2.24, 2.45) is 0 Å². The molecule has 0 aliphatic rings. The number of sulfone groups is 1. The van der Waals surface area contributed by atoms with Gasteiger partial charge in [-0.25, -0.2) is 8.42 Å². The summed E-state index contributed by atoms with van der Waals surface area (Å²) in [6, 6.07) is 7.22. The van der Waals surface area contributed by atoms with Gasteiger partial charge in [0.25, 0.3) is 0 Å². The minimum Gasteiger partial charge on any atom is -0.395 e. The molecule has 0 bridgehead atoms. The lowest BCUT2D eigenvalue weighted by Gasteiger charge is -2.30. The first kappa shape index (κ1) is 17.6. The van der Waals surface area contributed by atoms with Crippen LogP contribution in [0.1, 0.15) is 25.3 Å². The SMILES string of the molecule is CCCS(=O)(=O)CCC(CO)(CO)c1ccc(Br)cc1. The van der Waals surface area contributed by atoms with Gasteiger partial charge in [-0.2, -0.15) is 0 Å². The Labute approximate surface area is 128 Å². The van der Waals surface area contributed by atoms with E-state index in [0.29, 0.717) is 6.42 Å². The van der Waals surface area contributed by atoms with Crippen LogP contribution in [0.2, 0.25) is 0 Å². The van der Waals surface area contributed by atoms with E-state index >= 15 is 0 Å². The summed E-state index contributed by atoms with van der Waals surface area (Å²) in [6.07, 6.45) is 0.788. The van der Waals surface area contributed by atoms with E-state index < -0.39 is 15.3 Å². The normalized spacial score (nSPS) is 12.6. The fourth-order valence-corrected chi connectivity index (χ4v) is 3.89. The van der Waals surface area contributed by atoms with Crippen LogP contribution in [0, 0.1) is 0 Å². The highest BCUT2D eigenvalue weighted by Gasteiger charge is 2.32. The molecule has 6 heteroatoms. The molecule has 4 nitrogen and oxygen atoms in total. The second-order valence-electron chi connectivity index (χ2n) is 5.01. The number of aliphatic hydroxyl groups excluding tert-OH is 2. The number of benzene rings is 1. The van der Waals surface area contributed by atoms with Crippen molar-refractivity contribution < 1.29 is 18.6 Å². The van der Waals surface area contributed by atoms with Crippen molar-refractivity contribution in [3.63, 3.8) is 0 Å². The van der Waals surface area contributed by atoms with Crippen LogP contribution in [0.3, 0.4) is 0 Å². The van der Waals surface area contributed by atoms with Crippen molar-refractivity contribution in [2.75, 3.05) is 24.7 Å². The molecule has 0 fully saturated rings. The summed E-state index contributed by atoms with van der Waals surface area (Å²) in [5, 5.41) is 19.3. The van der Waals surface area contributed by atoms with Gasteiger partial charge in [-0.3, -0.25) is 0 Å². The quantitative estimate of drug-likeness (QED) is 0.738. The Hall–Kier alpha value is -0.430. The van der Waals surface area contributed by atoms with Gasteiger partial charge in [0.15, 0.2) is 0 Å². The highest BCUT2D eigenvalue weighted by molar-refractivity contribution is 9.10. The molecule has 0 aromatic heterocycles. The zero-order chi connectivity index (χ0) is 15.2. The van der Waals surface area contributed by atoms with Gasteiger partial charge in [0.05, 0.1) is 19.0 Å². The number of hydrogen-bond acceptors (Lipinski definition) is 4. The Bertz CT molecular complexity index is 506. The molecule has 0 atom stereocenters. The molecule has 114 valence electrons. The molecule has 0 aliphatic heterocycles. The van der Waals surface area contributed by atoms with Gasteiger partial charge in [0.2, 0.25) is 0 Å². The van der Waals surface area contributed by atoms with Crippen LogP contribution in [-0.4, -0.2) is 43.4 Å². The van der Waals surface area contributed by atoms with Gasteiger partial charge in [-0.05, 0) is 30.5 Å². The van der Waals surface area contributed by atoms with E-state index in [1.807, 2.05) is 19.1 Å². The first-order valence-electron chi connectivity index (χ1n) is 6.57. The largest absolute Gasteiger partial charge is 0.395 e. The summed E-state index contributed by atoms with van der Waals surface area (Å²) in [5.74, 6) is 0.109. The summed E-state index contributed by atoms with van der Waals surface area (Å²) in [7, 11) is -3.13.